The van der Waals surface area contributed by atoms with Crippen LogP contribution in [-0.4, -0.2) is 47.1 Å². The number of nitrogens with two attached hydrogens (primary N) is 1. The first-order valence-electron chi connectivity index (χ1n) is 6.99. The summed E-state index contributed by atoms with van der Waals surface area (Å²) in [5, 5.41) is 0. The van der Waals surface area contributed by atoms with Crippen LogP contribution in [0.3, 0.4) is 0 Å². The van der Waals surface area contributed by atoms with E-state index in [0.29, 0.717) is 23.8 Å². The molecule has 0 saturated carbocycles. The third-order valence-electron chi connectivity index (χ3n) is 3.95. The van der Waals surface area contributed by atoms with Crippen LogP contribution in [0.15, 0.2) is 6.07 Å². The highest BCUT2D eigenvalue weighted by Gasteiger charge is 2.27. The molecule has 1 aliphatic heterocycles. The van der Waals surface area contributed by atoms with Gasteiger partial charge in [-0.2, -0.15) is 0 Å². The maximum atomic E-state index is 5.91. The minimum absolute atomic E-state index is 0.296. The number of rotatable bonds is 2. The topological polar surface area (TPSA) is 58.3 Å². The van der Waals surface area contributed by atoms with E-state index in [0.717, 1.165) is 24.7 Å². The van der Waals surface area contributed by atoms with E-state index in [2.05, 4.69) is 54.5 Å². The minimum atomic E-state index is 0.296. The molecule has 0 aliphatic carbocycles. The zero-order valence-corrected chi connectivity index (χ0v) is 12.6. The van der Waals surface area contributed by atoms with Gasteiger partial charge in [-0.3, -0.25) is 4.90 Å². The zero-order chi connectivity index (χ0) is 14.2. The van der Waals surface area contributed by atoms with Crippen molar-refractivity contribution in [3.8, 4) is 0 Å². The lowest BCUT2D eigenvalue weighted by Gasteiger charge is -2.43. The van der Waals surface area contributed by atoms with E-state index in [1.807, 2.05) is 6.07 Å². The van der Waals surface area contributed by atoms with Crippen molar-refractivity contribution >= 4 is 11.6 Å². The number of piperazine rings is 1. The van der Waals surface area contributed by atoms with Crippen LogP contribution in [-0.2, 0) is 0 Å². The normalized spacial score (nSPS) is 25.1. The van der Waals surface area contributed by atoms with E-state index in [9.17, 15) is 0 Å². The molecular formula is C14H25N5. The first-order chi connectivity index (χ1) is 8.88. The number of anilines is 2. The number of aromatic nitrogens is 2. The second-order valence-corrected chi connectivity index (χ2v) is 5.93. The largest absolute Gasteiger partial charge is 0.384 e. The molecule has 1 aliphatic rings. The molecule has 5 nitrogen and oxygen atoms in total. The first kappa shape index (κ1) is 14.1. The molecule has 0 radical (unpaired) electrons. The van der Waals surface area contributed by atoms with Gasteiger partial charge in [0.2, 0.25) is 0 Å². The van der Waals surface area contributed by atoms with Gasteiger partial charge in [0, 0.05) is 37.2 Å². The van der Waals surface area contributed by atoms with Crippen molar-refractivity contribution in [3.05, 3.63) is 11.9 Å². The SMILES string of the molecule is CC(C)c1nc(N)cc(N2CC(C)N(C)C(C)C2)n1. The van der Waals surface area contributed by atoms with Crippen LogP contribution in [0.5, 0.6) is 0 Å². The van der Waals surface area contributed by atoms with Gasteiger partial charge in [0.1, 0.15) is 17.5 Å². The minimum Gasteiger partial charge on any atom is -0.384 e. The van der Waals surface area contributed by atoms with E-state index in [-0.39, 0.29) is 0 Å². The summed E-state index contributed by atoms with van der Waals surface area (Å²) in [5.74, 6) is 2.65. The molecule has 1 aromatic heterocycles. The lowest BCUT2D eigenvalue weighted by Crippen LogP contribution is -2.55. The maximum Gasteiger partial charge on any atom is 0.135 e. The first-order valence-corrected chi connectivity index (χ1v) is 6.99. The Kier molecular flexibility index (Phi) is 3.94. The molecule has 2 N–H and O–H groups in total. The van der Waals surface area contributed by atoms with Crippen molar-refractivity contribution in [3.63, 3.8) is 0 Å². The van der Waals surface area contributed by atoms with Gasteiger partial charge in [-0.25, -0.2) is 9.97 Å². The van der Waals surface area contributed by atoms with Crippen LogP contribution in [0.1, 0.15) is 39.4 Å². The fraction of sp³-hybridized carbons (Fsp3) is 0.714. The summed E-state index contributed by atoms with van der Waals surface area (Å²) in [7, 11) is 2.18. The van der Waals surface area contributed by atoms with E-state index in [1.54, 1.807) is 0 Å². The fourth-order valence-corrected chi connectivity index (χ4v) is 2.48. The van der Waals surface area contributed by atoms with Gasteiger partial charge in [-0.15, -0.1) is 0 Å². The van der Waals surface area contributed by atoms with Gasteiger partial charge in [-0.1, -0.05) is 13.8 Å². The molecule has 1 saturated heterocycles. The summed E-state index contributed by atoms with van der Waals surface area (Å²) >= 11 is 0. The molecule has 2 unspecified atom stereocenters. The number of hydrogen-bond acceptors (Lipinski definition) is 5. The maximum absolute atomic E-state index is 5.91. The molecule has 19 heavy (non-hydrogen) atoms. The standard InChI is InChI=1S/C14H25N5/c1-9(2)14-16-12(15)6-13(17-14)19-7-10(3)18(5)11(4)8-19/h6,9-11H,7-8H2,1-5H3,(H2,15,16,17). The monoisotopic (exact) mass is 263 g/mol. The Morgan fingerprint density at radius 2 is 1.79 bits per heavy atom. The van der Waals surface area contributed by atoms with Gasteiger partial charge in [0.05, 0.1) is 0 Å². The zero-order valence-electron chi connectivity index (χ0n) is 12.6. The second-order valence-electron chi connectivity index (χ2n) is 5.93. The Labute approximate surface area is 115 Å². The second kappa shape index (κ2) is 5.33. The van der Waals surface area contributed by atoms with E-state index < -0.39 is 0 Å². The fourth-order valence-electron chi connectivity index (χ4n) is 2.48. The molecule has 0 amide bonds. The molecule has 1 fully saturated rings. The van der Waals surface area contributed by atoms with Crippen LogP contribution in [0, 0.1) is 0 Å². The van der Waals surface area contributed by atoms with E-state index in [4.69, 9.17) is 5.73 Å². The summed E-state index contributed by atoms with van der Waals surface area (Å²) in [6.45, 7) is 10.6. The smallest absolute Gasteiger partial charge is 0.135 e. The molecule has 0 bridgehead atoms. The van der Waals surface area contributed by atoms with E-state index >= 15 is 0 Å². The van der Waals surface area contributed by atoms with Crippen LogP contribution in [0.25, 0.3) is 0 Å². The van der Waals surface area contributed by atoms with Crippen LogP contribution < -0.4 is 10.6 Å². The average molecular weight is 263 g/mol. The third-order valence-corrected chi connectivity index (χ3v) is 3.95. The molecule has 106 valence electrons. The van der Waals surface area contributed by atoms with Crippen LogP contribution >= 0.6 is 0 Å². The highest BCUT2D eigenvalue weighted by atomic mass is 15.3. The average Bonchev–Trinajstić information content (AvgIpc) is 2.34. The van der Waals surface area contributed by atoms with Crippen LogP contribution in [0.2, 0.25) is 0 Å². The molecule has 0 spiro atoms. The number of nitrogen functional groups attached to an aromatic ring is 1. The predicted molar refractivity (Wildman–Crippen MR) is 79.4 cm³/mol. The Morgan fingerprint density at radius 1 is 1.21 bits per heavy atom. The van der Waals surface area contributed by atoms with Gasteiger partial charge in [0.15, 0.2) is 0 Å². The molecule has 0 aromatic carbocycles. The van der Waals surface area contributed by atoms with Gasteiger partial charge >= 0.3 is 0 Å². The van der Waals surface area contributed by atoms with Gasteiger partial charge in [-0.05, 0) is 20.9 Å². The van der Waals surface area contributed by atoms with Crippen molar-refractivity contribution < 1.29 is 0 Å². The Bertz CT molecular complexity index is 433. The van der Waals surface area contributed by atoms with Crippen molar-refractivity contribution in [2.45, 2.75) is 45.7 Å². The van der Waals surface area contributed by atoms with Crippen LogP contribution in [0.4, 0.5) is 11.6 Å². The molecular weight excluding hydrogens is 238 g/mol. The Morgan fingerprint density at radius 3 is 2.32 bits per heavy atom. The number of nitrogens with zero attached hydrogens (tertiary/aromatic N) is 4. The van der Waals surface area contributed by atoms with Gasteiger partial charge in [0.25, 0.3) is 0 Å². The Hall–Kier alpha value is -1.36. The summed E-state index contributed by atoms with van der Waals surface area (Å²) in [6, 6.07) is 2.92. The lowest BCUT2D eigenvalue weighted by molar-refractivity contribution is 0.169. The number of hydrogen-bond donors (Lipinski definition) is 1. The van der Waals surface area contributed by atoms with E-state index in [1.165, 1.54) is 0 Å². The van der Waals surface area contributed by atoms with Crippen molar-refractivity contribution in [2.75, 3.05) is 30.8 Å². The molecule has 2 heterocycles. The lowest BCUT2D eigenvalue weighted by atomic mass is 10.1. The highest BCUT2D eigenvalue weighted by Crippen LogP contribution is 2.22. The molecule has 5 heteroatoms. The van der Waals surface area contributed by atoms with Crippen molar-refractivity contribution in [2.24, 2.45) is 0 Å². The summed E-state index contributed by atoms with van der Waals surface area (Å²) in [5.41, 5.74) is 5.91. The molecule has 2 atom stereocenters. The number of likely N-dealkylation sites (N-methyl/N-ethyl adjacent to an activating group) is 1. The van der Waals surface area contributed by atoms with Crippen molar-refractivity contribution in [1.82, 2.24) is 14.9 Å². The predicted octanol–water partition coefficient (Wildman–Crippen LogP) is 1.71. The summed E-state index contributed by atoms with van der Waals surface area (Å²) < 4.78 is 0. The quantitative estimate of drug-likeness (QED) is 0.880. The Balaban J connectivity index is 2.26. The van der Waals surface area contributed by atoms with Crippen molar-refractivity contribution in [1.29, 1.82) is 0 Å². The molecule has 1 aromatic rings. The summed E-state index contributed by atoms with van der Waals surface area (Å²) in [6.07, 6.45) is 0. The molecule has 2 rings (SSSR count). The van der Waals surface area contributed by atoms with Gasteiger partial charge < -0.3 is 10.6 Å². The third kappa shape index (κ3) is 2.97. The highest BCUT2D eigenvalue weighted by molar-refractivity contribution is 5.48. The summed E-state index contributed by atoms with van der Waals surface area (Å²) in [4.78, 5) is 13.7.